The highest BCUT2D eigenvalue weighted by molar-refractivity contribution is 5.99. The quantitative estimate of drug-likeness (QED) is 0.561. The zero-order valence-corrected chi connectivity index (χ0v) is 15.8. The first-order valence-electron chi connectivity index (χ1n) is 9.30. The molecule has 0 aliphatic heterocycles. The predicted molar refractivity (Wildman–Crippen MR) is 95.3 cm³/mol. The topological polar surface area (TPSA) is 56.5 Å². The number of fused-ring (bicyclic) bond motifs is 2. The van der Waals surface area contributed by atoms with E-state index < -0.39 is 6.10 Å². The summed E-state index contributed by atoms with van der Waals surface area (Å²) in [6.07, 6.45) is 6.45. The van der Waals surface area contributed by atoms with Crippen LogP contribution in [0.2, 0.25) is 0 Å². The van der Waals surface area contributed by atoms with E-state index in [9.17, 15) is 9.59 Å². The van der Waals surface area contributed by atoms with Gasteiger partial charge in [-0.15, -0.1) is 0 Å². The number of ketones is 1. The number of esters is 1. The number of hydrogen-bond donors (Lipinski definition) is 0. The lowest BCUT2D eigenvalue weighted by Gasteiger charge is -2.51. The maximum atomic E-state index is 13.0. The van der Waals surface area contributed by atoms with Crippen LogP contribution in [0.15, 0.2) is 22.3 Å². The molecular weight excluding hydrogens is 316 g/mol. The first kappa shape index (κ1) is 18.0. The fraction of sp³-hybridized carbons (Fsp3) is 0.619. The second-order valence-corrected chi connectivity index (χ2v) is 7.94. The molecule has 25 heavy (non-hydrogen) atoms. The Morgan fingerprint density at radius 1 is 1.44 bits per heavy atom. The van der Waals surface area contributed by atoms with Crippen LogP contribution in [0, 0.1) is 24.2 Å². The van der Waals surface area contributed by atoms with Gasteiger partial charge >= 0.3 is 5.97 Å². The minimum absolute atomic E-state index is 0.0738. The summed E-state index contributed by atoms with van der Waals surface area (Å²) in [7, 11) is 0. The Labute approximate surface area is 149 Å². The van der Waals surface area contributed by atoms with Crippen molar-refractivity contribution in [1.29, 1.82) is 0 Å². The Kier molecular flexibility index (Phi) is 4.65. The summed E-state index contributed by atoms with van der Waals surface area (Å²) in [5.41, 5.74) is 2.25. The molecule has 136 valence electrons. The molecule has 0 amide bonds. The largest absolute Gasteiger partial charge is 0.461 e. The average molecular weight is 344 g/mol. The maximum Gasteiger partial charge on any atom is 0.331 e. The van der Waals surface area contributed by atoms with E-state index in [0.29, 0.717) is 11.7 Å². The van der Waals surface area contributed by atoms with Gasteiger partial charge in [-0.25, -0.2) is 4.79 Å². The summed E-state index contributed by atoms with van der Waals surface area (Å²) in [5, 5.41) is 0. The van der Waals surface area contributed by atoms with E-state index in [2.05, 4.69) is 13.8 Å². The molecule has 0 bridgehead atoms. The lowest BCUT2D eigenvalue weighted by atomic mass is 9.54. The number of Topliss-reactive ketones (excluding diaryl/α,β-unsaturated/α-hetero) is 1. The second kappa shape index (κ2) is 6.47. The number of aryl methyl sites for hydroxylation is 1. The zero-order chi connectivity index (χ0) is 18.4. The summed E-state index contributed by atoms with van der Waals surface area (Å²) in [5.74, 6) is 0.283. The molecule has 1 aromatic rings. The van der Waals surface area contributed by atoms with Gasteiger partial charge in [0.1, 0.15) is 6.10 Å². The van der Waals surface area contributed by atoms with Gasteiger partial charge in [0.15, 0.2) is 5.76 Å². The van der Waals surface area contributed by atoms with E-state index >= 15 is 0 Å². The molecule has 1 fully saturated rings. The zero-order valence-electron chi connectivity index (χ0n) is 15.8. The lowest BCUT2D eigenvalue weighted by Crippen LogP contribution is -2.50. The van der Waals surface area contributed by atoms with Gasteiger partial charge in [0.2, 0.25) is 5.78 Å². The first-order chi connectivity index (χ1) is 11.8. The maximum absolute atomic E-state index is 13.0. The minimum atomic E-state index is -0.437. The normalized spacial score (nSPS) is 32.1. The molecule has 0 radical (unpaired) electrons. The van der Waals surface area contributed by atoms with Crippen molar-refractivity contribution in [2.24, 2.45) is 17.3 Å². The number of rotatable bonds is 3. The summed E-state index contributed by atoms with van der Waals surface area (Å²) >= 11 is 0. The number of carbonyl (C=O) groups excluding carboxylic acids is 2. The lowest BCUT2D eigenvalue weighted by molar-refractivity contribution is -0.160. The predicted octanol–water partition coefficient (Wildman–Crippen LogP) is 5.17. The molecule has 4 unspecified atom stereocenters. The average Bonchev–Trinajstić information content (AvgIpc) is 2.95. The van der Waals surface area contributed by atoms with Crippen LogP contribution in [0.1, 0.15) is 81.2 Å². The SMILES string of the molecule is CCC(C)=CC(=O)OC1c2c(C)coc2C(=O)C2CCCC(C)C21C. The van der Waals surface area contributed by atoms with Crippen LogP contribution in [0.25, 0.3) is 0 Å². The fourth-order valence-corrected chi connectivity index (χ4v) is 4.53. The fourth-order valence-electron chi connectivity index (χ4n) is 4.53. The van der Waals surface area contributed by atoms with Gasteiger partial charge in [0.25, 0.3) is 0 Å². The van der Waals surface area contributed by atoms with E-state index in [0.717, 1.165) is 42.4 Å². The van der Waals surface area contributed by atoms with Gasteiger partial charge in [0, 0.05) is 23.0 Å². The van der Waals surface area contributed by atoms with Crippen LogP contribution < -0.4 is 0 Å². The van der Waals surface area contributed by atoms with Crippen molar-refractivity contribution >= 4 is 11.8 Å². The number of ether oxygens (including phenoxy) is 1. The highest BCUT2D eigenvalue weighted by atomic mass is 16.5. The van der Waals surface area contributed by atoms with Crippen molar-refractivity contribution in [3.05, 3.63) is 34.8 Å². The number of allylic oxidation sites excluding steroid dienone is 1. The number of hydrogen-bond acceptors (Lipinski definition) is 4. The number of furan rings is 1. The van der Waals surface area contributed by atoms with Crippen LogP contribution in [0.5, 0.6) is 0 Å². The van der Waals surface area contributed by atoms with Crippen molar-refractivity contribution in [2.75, 3.05) is 0 Å². The molecule has 0 N–H and O–H groups in total. The smallest absolute Gasteiger partial charge is 0.331 e. The molecule has 0 spiro atoms. The van der Waals surface area contributed by atoms with Crippen LogP contribution in [-0.4, -0.2) is 11.8 Å². The van der Waals surface area contributed by atoms with E-state index in [1.165, 1.54) is 0 Å². The van der Waals surface area contributed by atoms with Crippen LogP contribution in [0.3, 0.4) is 0 Å². The highest BCUT2D eigenvalue weighted by Gasteiger charge is 2.58. The molecule has 0 aromatic carbocycles. The first-order valence-corrected chi connectivity index (χ1v) is 9.30. The molecule has 1 saturated carbocycles. The van der Waals surface area contributed by atoms with E-state index in [1.54, 1.807) is 12.3 Å². The Morgan fingerprint density at radius 2 is 2.16 bits per heavy atom. The van der Waals surface area contributed by atoms with E-state index in [1.807, 2.05) is 20.8 Å². The summed E-state index contributed by atoms with van der Waals surface area (Å²) < 4.78 is 11.6. The molecule has 1 heterocycles. The van der Waals surface area contributed by atoms with Gasteiger partial charge in [-0.3, -0.25) is 4.79 Å². The Hall–Kier alpha value is -1.84. The number of carbonyl (C=O) groups is 2. The molecule has 4 atom stereocenters. The van der Waals surface area contributed by atoms with Crippen molar-refractivity contribution < 1.29 is 18.7 Å². The Bertz CT molecular complexity index is 726. The summed E-state index contributed by atoms with van der Waals surface area (Å²) in [6.45, 7) is 10.1. The molecule has 4 nitrogen and oxygen atoms in total. The van der Waals surface area contributed by atoms with Crippen molar-refractivity contribution in [2.45, 2.75) is 66.4 Å². The highest BCUT2D eigenvalue weighted by Crippen LogP contribution is 2.59. The Balaban J connectivity index is 2.08. The van der Waals surface area contributed by atoms with E-state index in [4.69, 9.17) is 9.15 Å². The van der Waals surface area contributed by atoms with Crippen molar-refractivity contribution in [3.63, 3.8) is 0 Å². The summed E-state index contributed by atoms with van der Waals surface area (Å²) in [4.78, 5) is 25.5. The third-order valence-corrected chi connectivity index (χ3v) is 6.49. The minimum Gasteiger partial charge on any atom is -0.461 e. The van der Waals surface area contributed by atoms with Crippen LogP contribution in [0.4, 0.5) is 0 Å². The van der Waals surface area contributed by atoms with E-state index in [-0.39, 0.29) is 23.1 Å². The van der Waals surface area contributed by atoms with Gasteiger partial charge in [0.05, 0.1) is 6.26 Å². The standard InChI is InChI=1S/C21H28O4/c1-6-12(2)10-16(22)25-20-17-13(3)11-24-19(17)18(23)15-9-7-8-14(4)21(15,20)5/h10-11,14-15,20H,6-9H2,1-5H3. The van der Waals surface area contributed by atoms with Crippen LogP contribution >= 0.6 is 0 Å². The molecular formula is C21H28O4. The third kappa shape index (κ3) is 2.76. The molecule has 3 rings (SSSR count). The van der Waals surface area contributed by atoms with Crippen molar-refractivity contribution in [3.8, 4) is 0 Å². The van der Waals surface area contributed by atoms with Gasteiger partial charge in [-0.1, -0.05) is 32.8 Å². The third-order valence-electron chi connectivity index (χ3n) is 6.49. The molecule has 2 aliphatic carbocycles. The Morgan fingerprint density at radius 3 is 2.84 bits per heavy atom. The molecule has 0 saturated heterocycles. The molecule has 4 heteroatoms. The summed E-state index contributed by atoms with van der Waals surface area (Å²) in [6, 6.07) is 0. The monoisotopic (exact) mass is 344 g/mol. The van der Waals surface area contributed by atoms with Gasteiger partial charge < -0.3 is 9.15 Å². The molecule has 2 aliphatic rings. The van der Waals surface area contributed by atoms with Crippen molar-refractivity contribution in [1.82, 2.24) is 0 Å². The second-order valence-electron chi connectivity index (χ2n) is 7.94. The van der Waals surface area contributed by atoms with Crippen LogP contribution in [-0.2, 0) is 9.53 Å². The molecule has 1 aromatic heterocycles. The van der Waals surface area contributed by atoms with Gasteiger partial charge in [-0.2, -0.15) is 0 Å². The van der Waals surface area contributed by atoms with Gasteiger partial charge in [-0.05, 0) is 44.6 Å².